The Balaban J connectivity index is 1.97. The Kier molecular flexibility index (Phi) is 5.10. The van der Waals surface area contributed by atoms with E-state index in [0.29, 0.717) is 28.1 Å². The summed E-state index contributed by atoms with van der Waals surface area (Å²) in [5.74, 6) is -0.101. The first-order chi connectivity index (χ1) is 12.3. The molecule has 9 heteroatoms. The van der Waals surface area contributed by atoms with Crippen molar-refractivity contribution in [3.63, 3.8) is 0 Å². The highest BCUT2D eigenvalue weighted by Gasteiger charge is 2.32. The maximum Gasteiger partial charge on any atom is 0.433 e. The lowest BCUT2D eigenvalue weighted by molar-refractivity contribution is -0.141. The highest BCUT2D eigenvalue weighted by molar-refractivity contribution is 7.78. The van der Waals surface area contributed by atoms with Crippen LogP contribution in [0.15, 0.2) is 55.0 Å². The van der Waals surface area contributed by atoms with Crippen LogP contribution < -0.4 is 0 Å². The minimum Gasteiger partial charge on any atom is -0.772 e. The van der Waals surface area contributed by atoms with Crippen molar-refractivity contribution in [2.24, 2.45) is 0 Å². The number of pyridine rings is 1. The van der Waals surface area contributed by atoms with E-state index in [1.807, 2.05) is 0 Å². The molecule has 0 saturated heterocycles. The van der Waals surface area contributed by atoms with Gasteiger partial charge in [-0.2, -0.15) is 13.2 Å². The molecule has 1 atom stereocenters. The average molecular weight is 378 g/mol. The van der Waals surface area contributed by atoms with Gasteiger partial charge >= 0.3 is 6.18 Å². The Bertz CT molecular complexity index is 929. The van der Waals surface area contributed by atoms with Crippen LogP contribution in [-0.4, -0.2) is 23.7 Å². The minimum absolute atomic E-state index is 0.101. The Morgan fingerprint density at radius 2 is 1.46 bits per heavy atom. The summed E-state index contributed by atoms with van der Waals surface area (Å²) >= 11 is -2.19. The van der Waals surface area contributed by atoms with E-state index in [-0.39, 0.29) is 5.75 Å². The third-order valence-electron chi connectivity index (χ3n) is 3.54. The van der Waals surface area contributed by atoms with Gasteiger partial charge in [0.15, 0.2) is 0 Å². The number of aromatic nitrogens is 3. The predicted octanol–water partition coefficient (Wildman–Crippen LogP) is 3.60. The highest BCUT2D eigenvalue weighted by Crippen LogP contribution is 2.31. The van der Waals surface area contributed by atoms with Crippen molar-refractivity contribution < 1.29 is 21.9 Å². The van der Waals surface area contributed by atoms with Crippen LogP contribution in [0.3, 0.4) is 0 Å². The van der Waals surface area contributed by atoms with Gasteiger partial charge in [-0.25, -0.2) is 0 Å². The lowest BCUT2D eigenvalue weighted by Gasteiger charge is -2.10. The van der Waals surface area contributed by atoms with Crippen molar-refractivity contribution in [2.75, 3.05) is 0 Å². The number of hydrogen-bond donors (Lipinski definition) is 0. The topological polar surface area (TPSA) is 78.8 Å². The highest BCUT2D eigenvalue weighted by atomic mass is 32.2. The Morgan fingerprint density at radius 1 is 0.885 bits per heavy atom. The second kappa shape index (κ2) is 7.30. The van der Waals surface area contributed by atoms with Gasteiger partial charge in [0.25, 0.3) is 0 Å². The molecule has 0 spiro atoms. The normalized spacial score (nSPS) is 12.8. The molecule has 0 bridgehead atoms. The van der Waals surface area contributed by atoms with Gasteiger partial charge in [-0.05, 0) is 17.7 Å². The van der Waals surface area contributed by atoms with E-state index < -0.39 is 23.0 Å². The summed E-state index contributed by atoms with van der Waals surface area (Å²) in [5.41, 5.74) is 1.53. The molecule has 0 aliphatic rings. The smallest absolute Gasteiger partial charge is 0.433 e. The molecule has 2 heterocycles. The van der Waals surface area contributed by atoms with Crippen molar-refractivity contribution in [1.29, 1.82) is 0 Å². The molecule has 1 unspecified atom stereocenters. The van der Waals surface area contributed by atoms with Gasteiger partial charge in [0.2, 0.25) is 0 Å². The molecule has 2 aromatic heterocycles. The number of rotatable bonds is 4. The van der Waals surface area contributed by atoms with Crippen molar-refractivity contribution >= 4 is 11.1 Å². The number of halogens is 3. The molecule has 1 aromatic carbocycles. The van der Waals surface area contributed by atoms with Crippen LogP contribution in [0, 0.1) is 0 Å². The molecule has 26 heavy (non-hydrogen) atoms. The molecule has 0 amide bonds. The molecule has 3 rings (SSSR count). The van der Waals surface area contributed by atoms with Gasteiger partial charge in [-0.1, -0.05) is 35.3 Å². The van der Waals surface area contributed by atoms with Crippen LogP contribution >= 0.6 is 0 Å². The summed E-state index contributed by atoms with van der Waals surface area (Å²) in [4.78, 5) is 11.9. The van der Waals surface area contributed by atoms with Crippen LogP contribution in [0.5, 0.6) is 0 Å². The molecule has 3 aromatic rings. The summed E-state index contributed by atoms with van der Waals surface area (Å²) in [5, 5.41) is 0. The van der Waals surface area contributed by atoms with Gasteiger partial charge in [0.05, 0.1) is 11.4 Å². The van der Waals surface area contributed by atoms with Gasteiger partial charge in [0.1, 0.15) is 5.69 Å². The summed E-state index contributed by atoms with van der Waals surface area (Å²) in [6, 6.07) is 8.85. The summed E-state index contributed by atoms with van der Waals surface area (Å²) < 4.78 is 59.5. The molecule has 5 nitrogen and oxygen atoms in total. The molecule has 134 valence electrons. The van der Waals surface area contributed by atoms with Gasteiger partial charge in [0, 0.05) is 35.5 Å². The van der Waals surface area contributed by atoms with Crippen molar-refractivity contribution in [3.05, 3.63) is 66.2 Å². The third kappa shape index (κ3) is 4.12. The number of alkyl halides is 3. The van der Waals surface area contributed by atoms with Crippen molar-refractivity contribution in [3.8, 4) is 22.5 Å². The van der Waals surface area contributed by atoms with E-state index in [9.17, 15) is 21.9 Å². The molecule has 0 N–H and O–H groups in total. The number of benzene rings is 1. The second-order valence-corrected chi connectivity index (χ2v) is 6.22. The van der Waals surface area contributed by atoms with Crippen LogP contribution in [0.1, 0.15) is 11.3 Å². The summed E-state index contributed by atoms with van der Waals surface area (Å²) in [6.45, 7) is 0. The van der Waals surface area contributed by atoms with E-state index in [4.69, 9.17) is 0 Å². The molecule has 0 radical (unpaired) electrons. The predicted molar refractivity (Wildman–Crippen MR) is 88.3 cm³/mol. The van der Waals surface area contributed by atoms with Gasteiger partial charge in [-0.15, -0.1) is 0 Å². The van der Waals surface area contributed by atoms with Gasteiger partial charge in [-0.3, -0.25) is 19.2 Å². The van der Waals surface area contributed by atoms with E-state index in [1.54, 1.807) is 24.3 Å². The van der Waals surface area contributed by atoms with Crippen LogP contribution in [0.2, 0.25) is 0 Å². The number of nitrogens with zero attached hydrogens (tertiary/aromatic N) is 3. The van der Waals surface area contributed by atoms with Crippen LogP contribution in [0.4, 0.5) is 13.2 Å². The third-order valence-corrected chi connectivity index (χ3v) is 4.11. The molecular formula is C17H11F3N3O2S-. The first kappa shape index (κ1) is 18.2. The molecule has 0 aliphatic carbocycles. The zero-order valence-corrected chi connectivity index (χ0v) is 13.9. The van der Waals surface area contributed by atoms with E-state index >= 15 is 0 Å². The minimum atomic E-state index is -4.51. The quantitative estimate of drug-likeness (QED) is 0.648. The van der Waals surface area contributed by atoms with Crippen molar-refractivity contribution in [2.45, 2.75) is 11.9 Å². The van der Waals surface area contributed by atoms with Gasteiger partial charge < -0.3 is 4.55 Å². The zero-order valence-electron chi connectivity index (χ0n) is 13.1. The fourth-order valence-corrected chi connectivity index (χ4v) is 2.82. The Labute approximate surface area is 149 Å². The van der Waals surface area contributed by atoms with Crippen LogP contribution in [0.25, 0.3) is 22.5 Å². The lowest BCUT2D eigenvalue weighted by atomic mass is 10.0. The fourth-order valence-electron chi connectivity index (χ4n) is 2.36. The molecule has 0 saturated carbocycles. The SMILES string of the molecule is O=S([O-])Cc1ccc(-c2nccnc2-c2ccc(C(F)(F)F)nc2)cc1. The number of hydrogen-bond acceptors (Lipinski definition) is 5. The average Bonchev–Trinajstić information content (AvgIpc) is 2.61. The zero-order chi connectivity index (χ0) is 18.7. The van der Waals surface area contributed by atoms with E-state index in [1.165, 1.54) is 18.5 Å². The maximum atomic E-state index is 12.7. The standard InChI is InChI=1S/C17H12F3N3O2S/c18-17(19,20)14-6-5-13(9-23-14)16-15(21-7-8-22-16)12-3-1-11(2-4-12)10-26(24)25/h1-9H,10H2,(H,24,25)/p-1. The Hall–Kier alpha value is -2.65. The fraction of sp³-hybridized carbons (Fsp3) is 0.118. The summed E-state index contributed by atoms with van der Waals surface area (Å²) in [6.07, 6.45) is -0.505. The monoisotopic (exact) mass is 378 g/mol. The van der Waals surface area contributed by atoms with E-state index in [2.05, 4.69) is 15.0 Å². The molecular weight excluding hydrogens is 367 g/mol. The van der Waals surface area contributed by atoms with Crippen LogP contribution in [-0.2, 0) is 23.0 Å². The summed E-state index contributed by atoms with van der Waals surface area (Å²) in [7, 11) is 0. The molecule has 0 aliphatic heterocycles. The van der Waals surface area contributed by atoms with Crippen molar-refractivity contribution in [1.82, 2.24) is 15.0 Å². The Morgan fingerprint density at radius 3 is 1.96 bits per heavy atom. The molecule has 0 fully saturated rings. The maximum absolute atomic E-state index is 12.7. The van der Waals surface area contributed by atoms with E-state index in [0.717, 1.165) is 12.3 Å². The lowest BCUT2D eigenvalue weighted by Crippen LogP contribution is -2.07. The first-order valence-corrected chi connectivity index (χ1v) is 8.59. The largest absolute Gasteiger partial charge is 0.772 e. The first-order valence-electron chi connectivity index (χ1n) is 7.34. The second-order valence-electron chi connectivity index (χ2n) is 5.33.